The van der Waals surface area contributed by atoms with Crippen LogP contribution in [0.2, 0.25) is 0 Å². The number of alkyl halides is 2. The Morgan fingerprint density at radius 1 is 1.33 bits per heavy atom. The van der Waals surface area contributed by atoms with Gasteiger partial charge in [-0.2, -0.15) is 0 Å². The molecule has 1 aliphatic rings. The monoisotopic (exact) mass is 307 g/mol. The summed E-state index contributed by atoms with van der Waals surface area (Å²) in [6, 6.07) is 7.88. The lowest BCUT2D eigenvalue weighted by molar-refractivity contribution is 0.0954. The maximum Gasteiger partial charge on any atom is 0.163 e. The molecule has 0 radical (unpaired) electrons. The van der Waals surface area contributed by atoms with E-state index in [0.717, 1.165) is 15.7 Å². The first-order chi connectivity index (χ1) is 7.16. The molecule has 1 atom stereocenters. The third-order valence-electron chi connectivity index (χ3n) is 2.15. The Hall–Kier alpha value is -0.250. The number of halogens is 3. The molecule has 1 aromatic rings. The van der Waals surface area contributed by atoms with E-state index >= 15 is 0 Å². The second-order valence-corrected chi connectivity index (χ2v) is 5.31. The third kappa shape index (κ3) is 2.65. The molecular formula is C10H8BrCl2NO. The van der Waals surface area contributed by atoms with Crippen molar-refractivity contribution in [2.24, 2.45) is 5.16 Å². The van der Waals surface area contributed by atoms with Gasteiger partial charge in [-0.25, -0.2) is 0 Å². The standard InChI is InChI=1S/C10H8BrCl2NO/c11-7-3-1-6(2-4-7)8-5-9(10(12)13)15-14-8/h1-4,9-10H,5H2. The molecule has 2 nitrogen and oxygen atoms in total. The largest absolute Gasteiger partial charge is 0.389 e. The van der Waals surface area contributed by atoms with Crippen LogP contribution in [0.3, 0.4) is 0 Å². The molecule has 0 bridgehead atoms. The molecule has 80 valence electrons. The van der Waals surface area contributed by atoms with Crippen LogP contribution in [0.25, 0.3) is 0 Å². The number of rotatable bonds is 2. The second kappa shape index (κ2) is 4.73. The Bertz CT molecular complexity index is 378. The molecule has 1 aliphatic heterocycles. The highest BCUT2D eigenvalue weighted by atomic mass is 79.9. The molecule has 0 aliphatic carbocycles. The average molecular weight is 309 g/mol. The molecule has 0 fully saturated rings. The molecule has 1 aromatic carbocycles. The van der Waals surface area contributed by atoms with Gasteiger partial charge >= 0.3 is 0 Å². The zero-order valence-electron chi connectivity index (χ0n) is 7.66. The fourth-order valence-corrected chi connectivity index (χ4v) is 1.88. The summed E-state index contributed by atoms with van der Waals surface area (Å²) in [5, 5.41) is 3.97. The lowest BCUT2D eigenvalue weighted by Crippen LogP contribution is -2.16. The molecule has 0 aromatic heterocycles. The van der Waals surface area contributed by atoms with Crippen molar-refractivity contribution in [1.29, 1.82) is 0 Å². The SMILES string of the molecule is ClC(Cl)C1CC(c2ccc(Br)cc2)=NO1. The first-order valence-electron chi connectivity index (χ1n) is 4.43. The highest BCUT2D eigenvalue weighted by Gasteiger charge is 2.27. The fraction of sp³-hybridized carbons (Fsp3) is 0.300. The first-order valence-corrected chi connectivity index (χ1v) is 6.10. The van der Waals surface area contributed by atoms with E-state index < -0.39 is 4.84 Å². The van der Waals surface area contributed by atoms with Crippen molar-refractivity contribution in [2.45, 2.75) is 17.4 Å². The summed E-state index contributed by atoms with van der Waals surface area (Å²) in [6.45, 7) is 0. The molecule has 1 heterocycles. The Kier molecular flexibility index (Phi) is 3.54. The molecule has 0 N–H and O–H groups in total. The Morgan fingerprint density at radius 3 is 2.53 bits per heavy atom. The lowest BCUT2D eigenvalue weighted by Gasteiger charge is -2.07. The van der Waals surface area contributed by atoms with Crippen LogP contribution in [-0.2, 0) is 4.84 Å². The van der Waals surface area contributed by atoms with Crippen LogP contribution in [0.5, 0.6) is 0 Å². The van der Waals surface area contributed by atoms with E-state index in [1.165, 1.54) is 0 Å². The predicted molar refractivity (Wildman–Crippen MR) is 65.7 cm³/mol. The second-order valence-electron chi connectivity index (χ2n) is 3.23. The van der Waals surface area contributed by atoms with Crippen molar-refractivity contribution >= 4 is 44.8 Å². The van der Waals surface area contributed by atoms with Gasteiger partial charge in [-0.1, -0.05) is 33.2 Å². The van der Waals surface area contributed by atoms with Crippen LogP contribution in [-0.4, -0.2) is 16.7 Å². The minimum Gasteiger partial charge on any atom is -0.389 e. The van der Waals surface area contributed by atoms with Crippen molar-refractivity contribution in [2.75, 3.05) is 0 Å². The van der Waals surface area contributed by atoms with E-state index in [9.17, 15) is 0 Å². The molecule has 5 heteroatoms. The van der Waals surface area contributed by atoms with Gasteiger partial charge in [-0.3, -0.25) is 0 Å². The quantitative estimate of drug-likeness (QED) is 0.763. The zero-order valence-corrected chi connectivity index (χ0v) is 10.8. The summed E-state index contributed by atoms with van der Waals surface area (Å²) in [4.78, 5) is 4.58. The molecule has 0 saturated carbocycles. The summed E-state index contributed by atoms with van der Waals surface area (Å²) >= 11 is 14.8. The van der Waals surface area contributed by atoms with Gasteiger partial charge in [0.05, 0.1) is 5.71 Å². The van der Waals surface area contributed by atoms with E-state index in [2.05, 4.69) is 21.1 Å². The Labute approximate surface area is 106 Å². The van der Waals surface area contributed by atoms with Gasteiger partial charge in [0.1, 0.15) is 4.84 Å². The fourth-order valence-electron chi connectivity index (χ4n) is 1.34. The van der Waals surface area contributed by atoms with E-state index in [1.807, 2.05) is 24.3 Å². The zero-order chi connectivity index (χ0) is 10.8. The number of hydrogen-bond acceptors (Lipinski definition) is 2. The summed E-state index contributed by atoms with van der Waals surface area (Å²) < 4.78 is 1.04. The predicted octanol–water partition coefficient (Wildman–Crippen LogP) is 3.75. The molecule has 0 spiro atoms. The first kappa shape index (κ1) is 11.2. The van der Waals surface area contributed by atoms with Crippen molar-refractivity contribution in [3.05, 3.63) is 34.3 Å². The van der Waals surface area contributed by atoms with Crippen LogP contribution in [0, 0.1) is 0 Å². The topological polar surface area (TPSA) is 21.6 Å². The average Bonchev–Trinajstić information content (AvgIpc) is 2.68. The van der Waals surface area contributed by atoms with E-state index in [4.69, 9.17) is 28.0 Å². The minimum atomic E-state index is -0.540. The van der Waals surface area contributed by atoms with Gasteiger partial charge in [-0.15, -0.1) is 23.2 Å². The van der Waals surface area contributed by atoms with Crippen molar-refractivity contribution in [3.63, 3.8) is 0 Å². The van der Waals surface area contributed by atoms with Gasteiger partial charge in [0.2, 0.25) is 0 Å². The Morgan fingerprint density at radius 2 is 2.00 bits per heavy atom. The summed E-state index contributed by atoms with van der Waals surface area (Å²) in [5.41, 5.74) is 1.92. The Balaban J connectivity index is 2.11. The van der Waals surface area contributed by atoms with E-state index in [-0.39, 0.29) is 6.10 Å². The van der Waals surface area contributed by atoms with Crippen LogP contribution in [0.4, 0.5) is 0 Å². The number of oxime groups is 1. The molecule has 0 amide bonds. The van der Waals surface area contributed by atoms with Gasteiger partial charge in [0.15, 0.2) is 6.10 Å². The summed E-state index contributed by atoms with van der Waals surface area (Å²) in [5.74, 6) is 0. The summed E-state index contributed by atoms with van der Waals surface area (Å²) in [7, 11) is 0. The van der Waals surface area contributed by atoms with Crippen LogP contribution < -0.4 is 0 Å². The molecule has 0 saturated heterocycles. The summed E-state index contributed by atoms with van der Waals surface area (Å²) in [6.07, 6.45) is 0.422. The molecule has 1 unspecified atom stereocenters. The smallest absolute Gasteiger partial charge is 0.163 e. The molecule has 2 rings (SSSR count). The third-order valence-corrected chi connectivity index (χ3v) is 3.24. The van der Waals surface area contributed by atoms with Crippen molar-refractivity contribution in [3.8, 4) is 0 Å². The molecular weight excluding hydrogens is 301 g/mol. The van der Waals surface area contributed by atoms with Crippen molar-refractivity contribution in [1.82, 2.24) is 0 Å². The minimum absolute atomic E-state index is 0.230. The molecule has 15 heavy (non-hydrogen) atoms. The van der Waals surface area contributed by atoms with Crippen LogP contribution in [0.15, 0.2) is 33.9 Å². The van der Waals surface area contributed by atoms with Crippen LogP contribution in [0.1, 0.15) is 12.0 Å². The highest BCUT2D eigenvalue weighted by molar-refractivity contribution is 9.10. The normalized spacial score (nSPS) is 20.3. The van der Waals surface area contributed by atoms with Gasteiger partial charge in [0.25, 0.3) is 0 Å². The van der Waals surface area contributed by atoms with Crippen LogP contribution >= 0.6 is 39.1 Å². The van der Waals surface area contributed by atoms with E-state index in [1.54, 1.807) is 0 Å². The highest BCUT2D eigenvalue weighted by Crippen LogP contribution is 2.24. The van der Waals surface area contributed by atoms with Crippen molar-refractivity contribution < 1.29 is 4.84 Å². The number of benzene rings is 1. The maximum atomic E-state index is 5.72. The number of hydrogen-bond donors (Lipinski definition) is 0. The van der Waals surface area contributed by atoms with E-state index in [0.29, 0.717) is 6.42 Å². The van der Waals surface area contributed by atoms with Gasteiger partial charge in [0, 0.05) is 10.9 Å². The number of nitrogens with zero attached hydrogens (tertiary/aromatic N) is 1. The van der Waals surface area contributed by atoms with Gasteiger partial charge in [-0.05, 0) is 17.7 Å². The maximum absolute atomic E-state index is 5.72. The van der Waals surface area contributed by atoms with Gasteiger partial charge < -0.3 is 4.84 Å². The lowest BCUT2D eigenvalue weighted by atomic mass is 10.1.